The van der Waals surface area contributed by atoms with Crippen molar-refractivity contribution in [3.05, 3.63) is 89.8 Å². The minimum atomic E-state index is -0.446. The molecule has 0 aliphatic heterocycles. The lowest BCUT2D eigenvalue weighted by atomic mass is 10.1. The van der Waals surface area contributed by atoms with Crippen molar-refractivity contribution in [1.29, 1.82) is 0 Å². The van der Waals surface area contributed by atoms with E-state index in [-0.39, 0.29) is 12.5 Å². The molecule has 0 radical (unpaired) electrons. The molecule has 0 atom stereocenters. The molecule has 3 aromatic heterocycles. The van der Waals surface area contributed by atoms with Gasteiger partial charge in [-0.3, -0.25) is 14.5 Å². The molecule has 0 aliphatic rings. The topological polar surface area (TPSA) is 94.0 Å². The Morgan fingerprint density at radius 2 is 2.03 bits per heavy atom. The number of aromatic nitrogens is 4. The van der Waals surface area contributed by atoms with Crippen molar-refractivity contribution in [1.82, 2.24) is 25.1 Å². The SMILES string of the molecule is Cc1c(Oc2ccnc(Nc3ccnn3C)c2)cccc1C(=O)NCc1cncc(F)c1. The van der Waals surface area contributed by atoms with Crippen molar-refractivity contribution >= 4 is 17.5 Å². The molecule has 162 valence electrons. The molecular formula is C23H21FN6O2. The second-order valence-electron chi connectivity index (χ2n) is 7.07. The zero-order valence-electron chi connectivity index (χ0n) is 17.5. The number of rotatable bonds is 7. The first-order chi connectivity index (χ1) is 15.5. The van der Waals surface area contributed by atoms with Crippen molar-refractivity contribution < 1.29 is 13.9 Å². The van der Waals surface area contributed by atoms with Crippen molar-refractivity contribution in [2.24, 2.45) is 7.05 Å². The van der Waals surface area contributed by atoms with Crippen LogP contribution in [0.1, 0.15) is 21.5 Å². The summed E-state index contributed by atoms with van der Waals surface area (Å²) >= 11 is 0. The quantitative estimate of drug-likeness (QED) is 0.456. The van der Waals surface area contributed by atoms with Gasteiger partial charge in [-0.1, -0.05) is 6.07 Å². The van der Waals surface area contributed by atoms with E-state index in [4.69, 9.17) is 4.74 Å². The van der Waals surface area contributed by atoms with Gasteiger partial charge in [0, 0.05) is 49.2 Å². The van der Waals surface area contributed by atoms with E-state index in [2.05, 4.69) is 25.7 Å². The molecule has 0 saturated carbocycles. The van der Waals surface area contributed by atoms with E-state index in [0.29, 0.717) is 34.0 Å². The summed E-state index contributed by atoms with van der Waals surface area (Å²) in [4.78, 5) is 20.8. The number of hydrogen-bond acceptors (Lipinski definition) is 6. The summed E-state index contributed by atoms with van der Waals surface area (Å²) in [7, 11) is 1.83. The van der Waals surface area contributed by atoms with Crippen molar-refractivity contribution in [3.63, 3.8) is 0 Å². The highest BCUT2D eigenvalue weighted by molar-refractivity contribution is 5.96. The molecule has 4 rings (SSSR count). The van der Waals surface area contributed by atoms with Crippen molar-refractivity contribution in [2.45, 2.75) is 13.5 Å². The molecule has 0 aliphatic carbocycles. The van der Waals surface area contributed by atoms with E-state index >= 15 is 0 Å². The van der Waals surface area contributed by atoms with Gasteiger partial charge in [0.15, 0.2) is 0 Å². The van der Waals surface area contributed by atoms with E-state index in [1.807, 2.05) is 20.0 Å². The molecule has 1 amide bonds. The number of halogens is 1. The highest BCUT2D eigenvalue weighted by atomic mass is 19.1. The summed E-state index contributed by atoms with van der Waals surface area (Å²) in [6.45, 7) is 1.98. The molecule has 32 heavy (non-hydrogen) atoms. The fraction of sp³-hybridized carbons (Fsp3) is 0.130. The molecule has 0 fully saturated rings. The lowest BCUT2D eigenvalue weighted by Gasteiger charge is -2.13. The van der Waals surface area contributed by atoms with E-state index in [1.54, 1.807) is 47.4 Å². The standard InChI is InChI=1S/C23H21FN6O2/c1-15-19(23(31)27-13-16-10-17(24)14-25-12-16)4-3-5-20(15)32-18-6-8-26-21(11-18)29-22-7-9-28-30(22)2/h3-12,14H,13H2,1-2H3,(H,26,29)(H,27,31). The van der Waals surface area contributed by atoms with Crippen LogP contribution in [0.2, 0.25) is 0 Å². The number of benzene rings is 1. The zero-order valence-corrected chi connectivity index (χ0v) is 17.5. The summed E-state index contributed by atoms with van der Waals surface area (Å²) < 4.78 is 21.0. The van der Waals surface area contributed by atoms with Crippen molar-refractivity contribution in [3.8, 4) is 11.5 Å². The molecule has 8 nitrogen and oxygen atoms in total. The lowest BCUT2D eigenvalue weighted by molar-refractivity contribution is 0.0950. The molecule has 0 saturated heterocycles. The largest absolute Gasteiger partial charge is 0.457 e. The third-order valence-corrected chi connectivity index (χ3v) is 4.78. The van der Waals surface area contributed by atoms with Gasteiger partial charge >= 0.3 is 0 Å². The molecule has 2 N–H and O–H groups in total. The van der Waals surface area contributed by atoms with Gasteiger partial charge in [-0.25, -0.2) is 9.37 Å². The normalized spacial score (nSPS) is 10.6. The lowest BCUT2D eigenvalue weighted by Crippen LogP contribution is -2.23. The predicted molar refractivity (Wildman–Crippen MR) is 117 cm³/mol. The van der Waals surface area contributed by atoms with Crippen LogP contribution in [0.4, 0.5) is 16.0 Å². The number of pyridine rings is 2. The van der Waals surface area contributed by atoms with E-state index < -0.39 is 5.82 Å². The number of carbonyl (C=O) groups is 1. The van der Waals surface area contributed by atoms with Gasteiger partial charge < -0.3 is 15.4 Å². The Balaban J connectivity index is 1.47. The van der Waals surface area contributed by atoms with Gasteiger partial charge in [0.2, 0.25) is 0 Å². The number of nitrogens with zero attached hydrogens (tertiary/aromatic N) is 4. The summed E-state index contributed by atoms with van der Waals surface area (Å²) in [5, 5.41) is 10.1. The second-order valence-corrected chi connectivity index (χ2v) is 7.07. The molecule has 0 unspecified atom stereocenters. The van der Waals surface area contributed by atoms with Crippen LogP contribution < -0.4 is 15.4 Å². The summed E-state index contributed by atoms with van der Waals surface area (Å²) in [5.41, 5.74) is 1.73. The smallest absolute Gasteiger partial charge is 0.251 e. The molecular weight excluding hydrogens is 411 g/mol. The van der Waals surface area contributed by atoms with Crippen LogP contribution in [0.15, 0.2) is 67.3 Å². The number of hydrogen-bond donors (Lipinski definition) is 2. The fourth-order valence-corrected chi connectivity index (χ4v) is 3.10. The van der Waals surface area contributed by atoms with Crippen LogP contribution >= 0.6 is 0 Å². The van der Waals surface area contributed by atoms with Gasteiger partial charge in [0.05, 0.1) is 12.4 Å². The van der Waals surface area contributed by atoms with E-state index in [1.165, 1.54) is 12.3 Å². The van der Waals surface area contributed by atoms with Gasteiger partial charge in [0.25, 0.3) is 5.91 Å². The van der Waals surface area contributed by atoms with Gasteiger partial charge in [-0.2, -0.15) is 5.10 Å². The van der Waals surface area contributed by atoms with Crippen LogP contribution in [0.25, 0.3) is 0 Å². The molecule has 3 heterocycles. The number of carbonyl (C=O) groups excluding carboxylic acids is 1. The summed E-state index contributed by atoms with van der Waals surface area (Å²) in [6, 6.07) is 11.9. The maximum atomic E-state index is 13.3. The Morgan fingerprint density at radius 1 is 1.16 bits per heavy atom. The predicted octanol–water partition coefficient (Wildman–Crippen LogP) is 4.12. The Hall–Kier alpha value is -4.27. The highest BCUT2D eigenvalue weighted by Gasteiger charge is 2.13. The highest BCUT2D eigenvalue weighted by Crippen LogP contribution is 2.28. The number of ether oxygens (including phenoxy) is 1. The van der Waals surface area contributed by atoms with Crippen molar-refractivity contribution in [2.75, 3.05) is 5.32 Å². The third kappa shape index (κ3) is 4.89. The zero-order chi connectivity index (χ0) is 22.5. The minimum Gasteiger partial charge on any atom is -0.457 e. The summed E-state index contributed by atoms with van der Waals surface area (Å²) in [6.07, 6.45) is 5.95. The molecule has 0 bridgehead atoms. The fourth-order valence-electron chi connectivity index (χ4n) is 3.10. The first-order valence-corrected chi connectivity index (χ1v) is 9.86. The van der Waals surface area contributed by atoms with E-state index in [0.717, 1.165) is 12.0 Å². The average Bonchev–Trinajstić information content (AvgIpc) is 3.18. The van der Waals surface area contributed by atoms with Gasteiger partial charge in [0.1, 0.15) is 29.0 Å². The molecule has 1 aromatic carbocycles. The number of amides is 1. The van der Waals surface area contributed by atoms with Crippen LogP contribution in [0.3, 0.4) is 0 Å². The maximum absolute atomic E-state index is 13.3. The van der Waals surface area contributed by atoms with Crippen LogP contribution in [-0.2, 0) is 13.6 Å². The average molecular weight is 432 g/mol. The van der Waals surface area contributed by atoms with Crippen LogP contribution in [0, 0.1) is 12.7 Å². The first-order valence-electron chi connectivity index (χ1n) is 9.86. The second kappa shape index (κ2) is 9.25. The van der Waals surface area contributed by atoms with Gasteiger partial charge in [-0.15, -0.1) is 0 Å². The first kappa shape index (κ1) is 21.0. The monoisotopic (exact) mass is 432 g/mol. The maximum Gasteiger partial charge on any atom is 0.251 e. The Morgan fingerprint density at radius 3 is 2.81 bits per heavy atom. The van der Waals surface area contributed by atoms with Crippen LogP contribution in [-0.4, -0.2) is 25.7 Å². The number of aryl methyl sites for hydroxylation is 1. The molecule has 4 aromatic rings. The summed E-state index contributed by atoms with van der Waals surface area (Å²) in [5.74, 6) is 1.77. The van der Waals surface area contributed by atoms with Crippen LogP contribution in [0.5, 0.6) is 11.5 Å². The molecule has 0 spiro atoms. The third-order valence-electron chi connectivity index (χ3n) is 4.78. The molecule has 9 heteroatoms. The Kier molecular flexibility index (Phi) is 6.07. The number of nitrogens with one attached hydrogen (secondary N) is 2. The minimum absolute atomic E-state index is 0.168. The number of anilines is 2. The van der Waals surface area contributed by atoms with E-state index in [9.17, 15) is 9.18 Å². The van der Waals surface area contributed by atoms with Gasteiger partial charge in [-0.05, 0) is 36.8 Å². The Labute approximate surface area is 184 Å². The Bertz CT molecular complexity index is 1260.